The molecular weight excluding hydrogens is 600 g/mol. The largest absolute Gasteiger partial charge is 0.496 e. The van der Waals surface area contributed by atoms with Gasteiger partial charge in [-0.05, 0) is 66.1 Å². The highest BCUT2D eigenvalue weighted by Gasteiger charge is 2.45. The Balaban J connectivity index is 0.00000212. The van der Waals surface area contributed by atoms with Crippen LogP contribution in [0.15, 0.2) is 78.9 Å². The van der Waals surface area contributed by atoms with E-state index in [9.17, 15) is 13.2 Å². The lowest BCUT2D eigenvalue weighted by Gasteiger charge is -2.51. The highest BCUT2D eigenvalue weighted by atomic mass is 35.5. The van der Waals surface area contributed by atoms with Crippen LogP contribution in [0.1, 0.15) is 48.2 Å². The predicted molar refractivity (Wildman–Crippen MR) is 163 cm³/mol. The lowest BCUT2D eigenvalue weighted by atomic mass is 9.81. The zero-order valence-corrected chi connectivity index (χ0v) is 25.5. The molecule has 0 N–H and O–H groups in total. The summed E-state index contributed by atoms with van der Waals surface area (Å²) in [6.45, 7) is 4.65. The molecule has 0 saturated carbocycles. The summed E-state index contributed by atoms with van der Waals surface area (Å²) in [4.78, 5) is 5.15. The Kier molecular flexibility index (Phi) is 10.4. The molecule has 3 aromatic carbocycles. The smallest absolute Gasteiger partial charge is 0.453 e. The Morgan fingerprint density at radius 2 is 1.60 bits per heavy atom. The Morgan fingerprint density at radius 3 is 2.21 bits per heavy atom. The molecular formula is C31H35Cl2F3N6O. The van der Waals surface area contributed by atoms with Crippen LogP contribution in [0.25, 0.3) is 5.69 Å². The van der Waals surface area contributed by atoms with Crippen molar-refractivity contribution in [1.29, 1.82) is 0 Å². The fourth-order valence-electron chi connectivity index (χ4n) is 6.74. The van der Waals surface area contributed by atoms with Gasteiger partial charge in [0.05, 0.1) is 12.8 Å². The van der Waals surface area contributed by atoms with Crippen molar-refractivity contribution in [2.24, 2.45) is 0 Å². The number of aromatic nitrogens is 4. The highest BCUT2D eigenvalue weighted by Crippen LogP contribution is 2.40. The molecule has 6 rings (SSSR count). The van der Waals surface area contributed by atoms with Crippen molar-refractivity contribution in [3.63, 3.8) is 0 Å². The number of hydrogen-bond donors (Lipinski definition) is 0. The number of alkyl halides is 3. The second kappa shape index (κ2) is 13.6. The van der Waals surface area contributed by atoms with Crippen LogP contribution in [-0.4, -0.2) is 68.3 Å². The van der Waals surface area contributed by atoms with Gasteiger partial charge in [-0.25, -0.2) is 0 Å². The third-order valence-corrected chi connectivity index (χ3v) is 8.63. The van der Waals surface area contributed by atoms with Crippen LogP contribution in [0.4, 0.5) is 13.2 Å². The molecule has 0 radical (unpaired) electrons. The molecule has 0 unspecified atom stereocenters. The van der Waals surface area contributed by atoms with E-state index in [4.69, 9.17) is 4.74 Å². The van der Waals surface area contributed by atoms with Crippen LogP contribution in [-0.2, 0) is 12.7 Å². The van der Waals surface area contributed by atoms with Crippen LogP contribution < -0.4 is 4.74 Å². The van der Waals surface area contributed by atoms with Gasteiger partial charge in [-0.3, -0.25) is 9.80 Å². The number of tetrazole rings is 1. The molecule has 1 aromatic heterocycles. The first kappa shape index (κ1) is 32.7. The first-order valence-corrected chi connectivity index (χ1v) is 14.0. The van der Waals surface area contributed by atoms with Gasteiger partial charge >= 0.3 is 6.18 Å². The topological polar surface area (TPSA) is 59.3 Å². The van der Waals surface area contributed by atoms with Crippen LogP contribution in [0.3, 0.4) is 0 Å². The van der Waals surface area contributed by atoms with Gasteiger partial charge < -0.3 is 4.74 Å². The fraction of sp³-hybridized carbons (Fsp3) is 0.387. The van der Waals surface area contributed by atoms with E-state index >= 15 is 0 Å². The van der Waals surface area contributed by atoms with Gasteiger partial charge in [0.1, 0.15) is 5.75 Å². The van der Waals surface area contributed by atoms with Crippen molar-refractivity contribution >= 4 is 24.8 Å². The summed E-state index contributed by atoms with van der Waals surface area (Å²) in [5, 5.41) is 10.1. The van der Waals surface area contributed by atoms with E-state index in [1.165, 1.54) is 11.1 Å². The minimum absolute atomic E-state index is 0. The van der Waals surface area contributed by atoms with E-state index in [1.54, 1.807) is 25.3 Å². The van der Waals surface area contributed by atoms with Crippen molar-refractivity contribution in [3.05, 3.63) is 101 Å². The number of ether oxygens (including phenoxy) is 1. The molecule has 2 aliphatic rings. The van der Waals surface area contributed by atoms with Gasteiger partial charge in [-0.15, -0.1) is 29.9 Å². The fourth-order valence-corrected chi connectivity index (χ4v) is 6.74. The first-order chi connectivity index (χ1) is 19.8. The van der Waals surface area contributed by atoms with Gasteiger partial charge in [0.25, 0.3) is 5.82 Å². The second-order valence-electron chi connectivity index (χ2n) is 10.9. The van der Waals surface area contributed by atoms with E-state index in [0.717, 1.165) is 36.2 Å². The summed E-state index contributed by atoms with van der Waals surface area (Å²) in [5.74, 6) is -0.359. The molecule has 3 atom stereocenters. The first-order valence-electron chi connectivity index (χ1n) is 14.0. The zero-order valence-electron chi connectivity index (χ0n) is 23.9. The van der Waals surface area contributed by atoms with E-state index in [1.807, 2.05) is 12.1 Å². The van der Waals surface area contributed by atoms with Crippen molar-refractivity contribution < 1.29 is 17.9 Å². The molecule has 0 aliphatic carbocycles. The van der Waals surface area contributed by atoms with E-state index in [-0.39, 0.29) is 48.5 Å². The SMILES string of the molecule is COc1ccc(-n2nnnc2C(F)(F)F)cc1CN1C[C@@H](C(c2ccccc2)c2ccccc2)N2CCC[C@H]2[C@@H]1C.Cl.Cl. The average Bonchev–Trinajstić information content (AvgIpc) is 3.68. The number of methoxy groups -OCH3 is 1. The number of nitrogens with zero attached hydrogens (tertiary/aromatic N) is 6. The Bertz CT molecular complexity index is 1430. The van der Waals surface area contributed by atoms with Gasteiger partial charge in [0, 0.05) is 42.7 Å². The Hall–Kier alpha value is -3.18. The van der Waals surface area contributed by atoms with Crippen LogP contribution in [0.2, 0.25) is 0 Å². The molecule has 230 valence electrons. The number of piperazine rings is 1. The lowest BCUT2D eigenvalue weighted by molar-refractivity contribution is -0.146. The van der Waals surface area contributed by atoms with Crippen molar-refractivity contribution in [1.82, 2.24) is 30.0 Å². The number of fused-ring (bicyclic) bond motifs is 1. The standard InChI is InChI=1S/C31H33F3N6O.2ClH/c1-21-26-14-9-17-39(26)27(29(22-10-5-3-6-11-22)23-12-7-4-8-13-23)20-38(21)19-24-18-25(15-16-28(24)41-2)40-30(31(32,33)34)35-36-37-40;;/h3-8,10-13,15-16,18,21,26-27,29H,9,14,17,19-20H2,1-2H3;2*1H/t21-,26-,27-;;/m0../s1. The normalized spacial score (nSPS) is 20.7. The zero-order chi connectivity index (χ0) is 28.6. The van der Waals surface area contributed by atoms with Gasteiger partial charge in [-0.1, -0.05) is 60.7 Å². The molecule has 4 aromatic rings. The maximum atomic E-state index is 13.6. The minimum atomic E-state index is -4.67. The average molecular weight is 636 g/mol. The summed E-state index contributed by atoms with van der Waals surface area (Å²) in [6.07, 6.45) is -2.41. The molecule has 12 heteroatoms. The van der Waals surface area contributed by atoms with Gasteiger partial charge in [0.2, 0.25) is 0 Å². The molecule has 0 spiro atoms. The molecule has 0 amide bonds. The van der Waals surface area contributed by atoms with Crippen LogP contribution >= 0.6 is 24.8 Å². The molecule has 2 fully saturated rings. The van der Waals surface area contributed by atoms with Crippen LogP contribution in [0, 0.1) is 0 Å². The summed E-state index contributed by atoms with van der Waals surface area (Å²) in [6, 6.07) is 27.2. The van der Waals surface area contributed by atoms with Gasteiger partial charge in [-0.2, -0.15) is 17.9 Å². The maximum absolute atomic E-state index is 13.6. The second-order valence-corrected chi connectivity index (χ2v) is 10.9. The number of hydrogen-bond acceptors (Lipinski definition) is 6. The number of benzene rings is 3. The molecule has 43 heavy (non-hydrogen) atoms. The number of rotatable bonds is 7. The van der Waals surface area contributed by atoms with Crippen LogP contribution in [0.5, 0.6) is 5.75 Å². The highest BCUT2D eigenvalue weighted by molar-refractivity contribution is 5.85. The van der Waals surface area contributed by atoms with Crippen molar-refractivity contribution in [3.8, 4) is 11.4 Å². The maximum Gasteiger partial charge on any atom is 0.453 e. The number of halogens is 5. The molecule has 3 heterocycles. The van der Waals surface area contributed by atoms with E-state index in [0.29, 0.717) is 18.3 Å². The third-order valence-electron chi connectivity index (χ3n) is 8.63. The van der Waals surface area contributed by atoms with E-state index < -0.39 is 12.0 Å². The molecule has 0 bridgehead atoms. The van der Waals surface area contributed by atoms with E-state index in [2.05, 4.69) is 80.8 Å². The quantitative estimate of drug-likeness (QED) is 0.234. The predicted octanol–water partition coefficient (Wildman–Crippen LogP) is 6.40. The molecule has 2 saturated heterocycles. The third kappa shape index (κ3) is 6.52. The Morgan fingerprint density at radius 1 is 0.953 bits per heavy atom. The summed E-state index contributed by atoms with van der Waals surface area (Å²) in [5.41, 5.74) is 3.60. The molecule has 2 aliphatic heterocycles. The summed E-state index contributed by atoms with van der Waals surface area (Å²) >= 11 is 0. The van der Waals surface area contributed by atoms with Gasteiger partial charge in [0.15, 0.2) is 0 Å². The summed E-state index contributed by atoms with van der Waals surface area (Å²) in [7, 11) is 1.58. The molecule has 7 nitrogen and oxygen atoms in total. The minimum Gasteiger partial charge on any atom is -0.496 e. The lowest BCUT2D eigenvalue weighted by Crippen LogP contribution is -2.62. The monoisotopic (exact) mass is 634 g/mol. The summed E-state index contributed by atoms with van der Waals surface area (Å²) < 4.78 is 47.1. The Labute approximate surface area is 261 Å². The van der Waals surface area contributed by atoms with Crippen molar-refractivity contribution in [2.45, 2.75) is 56.5 Å². The van der Waals surface area contributed by atoms with Crippen molar-refractivity contribution in [2.75, 3.05) is 20.2 Å².